The van der Waals surface area contributed by atoms with Gasteiger partial charge in [-0.3, -0.25) is 4.79 Å². The SMILES string of the molecule is CS(=O)(=O)CCC(NC(=O)c1ccsc1)c1cn(C2(C#N)CC2)nn1. The van der Waals surface area contributed by atoms with Gasteiger partial charge in [-0.1, -0.05) is 5.21 Å². The number of carbonyl (C=O) groups is 1. The number of amides is 1. The summed E-state index contributed by atoms with van der Waals surface area (Å²) in [5.41, 5.74) is 0.315. The van der Waals surface area contributed by atoms with Crippen molar-refractivity contribution >= 4 is 27.1 Å². The quantitative estimate of drug-likeness (QED) is 0.774. The van der Waals surface area contributed by atoms with Crippen LogP contribution in [0.2, 0.25) is 0 Å². The average Bonchev–Trinajstić information content (AvgIpc) is 3.00. The number of nitriles is 1. The lowest BCUT2D eigenvalue weighted by molar-refractivity contribution is 0.0935. The van der Waals surface area contributed by atoms with E-state index in [2.05, 4.69) is 21.7 Å². The molecule has 10 heteroatoms. The molecular weight excluding hydrogens is 362 g/mol. The molecule has 1 aliphatic carbocycles. The molecular formula is C15H17N5O3S2. The molecule has 0 aliphatic heterocycles. The molecule has 1 atom stereocenters. The topological polar surface area (TPSA) is 118 Å². The first-order chi connectivity index (χ1) is 11.8. The van der Waals surface area contributed by atoms with Crippen LogP contribution in [0.5, 0.6) is 0 Å². The third-order valence-corrected chi connectivity index (χ3v) is 5.76. The van der Waals surface area contributed by atoms with Gasteiger partial charge in [-0.25, -0.2) is 13.1 Å². The second-order valence-corrected chi connectivity index (χ2v) is 9.23. The van der Waals surface area contributed by atoms with Crippen molar-refractivity contribution in [3.05, 3.63) is 34.3 Å². The summed E-state index contributed by atoms with van der Waals surface area (Å²) in [5, 5.41) is 23.6. The Labute approximate surface area is 149 Å². The Morgan fingerprint density at radius 3 is 2.88 bits per heavy atom. The zero-order chi connectivity index (χ0) is 18.1. The maximum Gasteiger partial charge on any atom is 0.252 e. The van der Waals surface area contributed by atoms with E-state index in [0.29, 0.717) is 24.1 Å². The highest BCUT2D eigenvalue weighted by Gasteiger charge is 2.46. The van der Waals surface area contributed by atoms with Crippen molar-refractivity contribution in [3.8, 4) is 6.07 Å². The number of hydrogen-bond donors (Lipinski definition) is 1. The zero-order valence-corrected chi connectivity index (χ0v) is 15.2. The van der Waals surface area contributed by atoms with Crippen LogP contribution in [-0.2, 0) is 15.4 Å². The van der Waals surface area contributed by atoms with E-state index >= 15 is 0 Å². The minimum absolute atomic E-state index is 0.0855. The van der Waals surface area contributed by atoms with Gasteiger partial charge in [0, 0.05) is 11.6 Å². The smallest absolute Gasteiger partial charge is 0.252 e. The maximum atomic E-state index is 12.3. The molecule has 0 aromatic carbocycles. The van der Waals surface area contributed by atoms with Crippen molar-refractivity contribution in [2.75, 3.05) is 12.0 Å². The highest BCUT2D eigenvalue weighted by molar-refractivity contribution is 7.90. The van der Waals surface area contributed by atoms with Crippen molar-refractivity contribution < 1.29 is 13.2 Å². The molecule has 2 heterocycles. The van der Waals surface area contributed by atoms with Crippen molar-refractivity contribution in [3.63, 3.8) is 0 Å². The predicted octanol–water partition coefficient (Wildman–Crippen LogP) is 1.26. The lowest BCUT2D eigenvalue weighted by atomic mass is 10.1. The standard InChI is InChI=1S/C15H17N5O3S2/c1-25(22,23)7-3-12(17-14(21)11-2-6-24-9-11)13-8-20(19-18-13)15(10-16)4-5-15/h2,6,8-9,12H,3-5,7H2,1H3,(H,17,21). The van der Waals surface area contributed by atoms with Gasteiger partial charge in [-0.2, -0.15) is 16.6 Å². The van der Waals surface area contributed by atoms with E-state index in [1.165, 1.54) is 16.0 Å². The van der Waals surface area contributed by atoms with E-state index in [-0.39, 0.29) is 18.1 Å². The molecule has 0 radical (unpaired) electrons. The van der Waals surface area contributed by atoms with Crippen LogP contribution in [0.4, 0.5) is 0 Å². The van der Waals surface area contributed by atoms with Crippen LogP contribution in [0.1, 0.15) is 41.4 Å². The molecule has 0 saturated heterocycles. The Bertz CT molecular complexity index is 907. The number of aromatic nitrogens is 3. The van der Waals surface area contributed by atoms with E-state index in [1.807, 2.05) is 0 Å². The summed E-state index contributed by atoms with van der Waals surface area (Å²) >= 11 is 1.40. The summed E-state index contributed by atoms with van der Waals surface area (Å²) in [5.74, 6) is -0.381. The number of hydrogen-bond acceptors (Lipinski definition) is 7. The molecule has 132 valence electrons. The van der Waals surface area contributed by atoms with Crippen LogP contribution in [-0.4, -0.2) is 41.3 Å². The van der Waals surface area contributed by atoms with Crippen LogP contribution in [0, 0.1) is 11.3 Å². The van der Waals surface area contributed by atoms with Crippen molar-refractivity contribution in [1.29, 1.82) is 5.26 Å². The van der Waals surface area contributed by atoms with Gasteiger partial charge in [0.25, 0.3) is 5.91 Å². The first-order valence-electron chi connectivity index (χ1n) is 7.68. The third-order valence-electron chi connectivity index (χ3n) is 4.10. The van der Waals surface area contributed by atoms with Gasteiger partial charge in [-0.05, 0) is 30.7 Å². The highest BCUT2D eigenvalue weighted by Crippen LogP contribution is 2.42. The average molecular weight is 379 g/mol. The molecule has 1 aliphatic rings. The molecule has 1 N–H and O–H groups in total. The fraction of sp³-hybridized carbons (Fsp3) is 0.467. The van der Waals surface area contributed by atoms with Crippen LogP contribution >= 0.6 is 11.3 Å². The van der Waals surface area contributed by atoms with Crippen LogP contribution < -0.4 is 5.32 Å². The largest absolute Gasteiger partial charge is 0.343 e. The van der Waals surface area contributed by atoms with Gasteiger partial charge in [0.05, 0.1) is 29.6 Å². The van der Waals surface area contributed by atoms with Gasteiger partial charge in [0.15, 0.2) is 5.54 Å². The lowest BCUT2D eigenvalue weighted by Gasteiger charge is -2.15. The highest BCUT2D eigenvalue weighted by atomic mass is 32.2. The van der Waals surface area contributed by atoms with Gasteiger partial charge in [0.2, 0.25) is 0 Å². The molecule has 0 bridgehead atoms. The van der Waals surface area contributed by atoms with E-state index < -0.39 is 21.4 Å². The zero-order valence-electron chi connectivity index (χ0n) is 13.5. The Morgan fingerprint density at radius 2 is 2.32 bits per heavy atom. The van der Waals surface area contributed by atoms with Gasteiger partial charge in [0.1, 0.15) is 15.5 Å². The molecule has 3 rings (SSSR count). The molecule has 8 nitrogen and oxygen atoms in total. The molecule has 1 unspecified atom stereocenters. The minimum Gasteiger partial charge on any atom is -0.343 e. The van der Waals surface area contributed by atoms with Gasteiger partial charge < -0.3 is 5.32 Å². The number of carbonyl (C=O) groups excluding carboxylic acids is 1. The summed E-state index contributed by atoms with van der Waals surface area (Å²) in [6.07, 6.45) is 4.38. The number of sulfone groups is 1. The number of thiophene rings is 1. The fourth-order valence-corrected chi connectivity index (χ4v) is 3.72. The minimum atomic E-state index is -3.19. The molecule has 25 heavy (non-hydrogen) atoms. The maximum absolute atomic E-state index is 12.3. The molecule has 2 aromatic heterocycles. The number of nitrogens with zero attached hydrogens (tertiary/aromatic N) is 4. The van der Waals surface area contributed by atoms with E-state index in [0.717, 1.165) is 6.26 Å². The number of nitrogens with one attached hydrogen (secondary N) is 1. The van der Waals surface area contributed by atoms with E-state index in [4.69, 9.17) is 0 Å². The Kier molecular flexibility index (Phi) is 4.62. The Balaban J connectivity index is 1.81. The number of rotatable bonds is 7. The van der Waals surface area contributed by atoms with Crippen LogP contribution in [0.15, 0.2) is 23.0 Å². The summed E-state index contributed by atoms with van der Waals surface area (Å²) in [6.45, 7) is 0. The van der Waals surface area contributed by atoms with Crippen molar-refractivity contribution in [2.45, 2.75) is 30.8 Å². The summed E-state index contributed by atoms with van der Waals surface area (Å²) in [7, 11) is -3.19. The first-order valence-corrected chi connectivity index (χ1v) is 10.7. The molecule has 1 fully saturated rings. The summed E-state index contributed by atoms with van der Waals surface area (Å²) in [6, 6.07) is 3.32. The molecule has 1 saturated carbocycles. The molecule has 0 spiro atoms. The first kappa shape index (κ1) is 17.6. The summed E-state index contributed by atoms with van der Waals surface area (Å²) in [4.78, 5) is 12.3. The predicted molar refractivity (Wildman–Crippen MR) is 91.7 cm³/mol. The third kappa shape index (κ3) is 4.05. The van der Waals surface area contributed by atoms with Gasteiger partial charge in [-0.15, -0.1) is 5.10 Å². The van der Waals surface area contributed by atoms with Gasteiger partial charge >= 0.3 is 0 Å². The Hall–Kier alpha value is -2.25. The van der Waals surface area contributed by atoms with Crippen molar-refractivity contribution in [1.82, 2.24) is 20.3 Å². The van der Waals surface area contributed by atoms with Crippen molar-refractivity contribution in [2.24, 2.45) is 0 Å². The van der Waals surface area contributed by atoms with E-state index in [1.54, 1.807) is 23.0 Å². The monoisotopic (exact) mass is 379 g/mol. The van der Waals surface area contributed by atoms with Crippen LogP contribution in [0.25, 0.3) is 0 Å². The Morgan fingerprint density at radius 1 is 1.56 bits per heavy atom. The second kappa shape index (κ2) is 6.57. The molecule has 1 amide bonds. The van der Waals surface area contributed by atoms with Crippen LogP contribution in [0.3, 0.4) is 0 Å². The normalized spacial score (nSPS) is 16.8. The fourth-order valence-electron chi connectivity index (χ4n) is 2.42. The second-order valence-electron chi connectivity index (χ2n) is 6.19. The lowest BCUT2D eigenvalue weighted by Crippen LogP contribution is -2.30. The van der Waals surface area contributed by atoms with E-state index in [9.17, 15) is 18.5 Å². The summed E-state index contributed by atoms with van der Waals surface area (Å²) < 4.78 is 24.5. The molecule has 2 aromatic rings.